The van der Waals surface area contributed by atoms with E-state index in [1.165, 1.54) is 5.56 Å². The van der Waals surface area contributed by atoms with E-state index in [9.17, 15) is 9.90 Å². The molecule has 0 spiro atoms. The summed E-state index contributed by atoms with van der Waals surface area (Å²) < 4.78 is 0. The zero-order valence-corrected chi connectivity index (χ0v) is 12.7. The van der Waals surface area contributed by atoms with Gasteiger partial charge in [-0.2, -0.15) is 0 Å². The summed E-state index contributed by atoms with van der Waals surface area (Å²) in [5.74, 6) is 0.00468. The van der Waals surface area contributed by atoms with Crippen molar-refractivity contribution in [3.05, 3.63) is 29.8 Å². The molecule has 0 bridgehead atoms. The highest BCUT2D eigenvalue weighted by atomic mass is 16.3. The quantitative estimate of drug-likeness (QED) is 0.864. The molecule has 20 heavy (non-hydrogen) atoms. The first kappa shape index (κ1) is 15.0. The van der Waals surface area contributed by atoms with Crippen LogP contribution in [0.1, 0.15) is 32.8 Å². The molecule has 2 unspecified atom stereocenters. The molecule has 1 saturated heterocycles. The largest absolute Gasteiger partial charge is 0.392 e. The normalized spacial score (nSPS) is 22.9. The summed E-state index contributed by atoms with van der Waals surface area (Å²) in [7, 11) is 1.78. The molecule has 2 rings (SSSR count). The molecule has 0 aliphatic carbocycles. The Morgan fingerprint density at radius 1 is 1.30 bits per heavy atom. The second kappa shape index (κ2) is 5.54. The van der Waals surface area contributed by atoms with Gasteiger partial charge in [0.15, 0.2) is 0 Å². The van der Waals surface area contributed by atoms with Gasteiger partial charge in [-0.15, -0.1) is 0 Å². The van der Waals surface area contributed by atoms with Crippen molar-refractivity contribution in [3.8, 4) is 0 Å². The van der Waals surface area contributed by atoms with Crippen LogP contribution in [0.15, 0.2) is 24.3 Å². The zero-order chi connectivity index (χ0) is 14.9. The number of carbonyl (C=O) groups excluding carboxylic acids is 1. The lowest BCUT2D eigenvalue weighted by Crippen LogP contribution is -2.41. The van der Waals surface area contributed by atoms with Gasteiger partial charge in [0.25, 0.3) is 0 Å². The summed E-state index contributed by atoms with van der Waals surface area (Å²) in [5, 5.41) is 12.5. The highest BCUT2D eigenvalue weighted by Crippen LogP contribution is 2.25. The molecule has 1 aliphatic heterocycles. The Kier molecular flexibility index (Phi) is 4.16. The molecule has 1 heterocycles. The fourth-order valence-corrected chi connectivity index (χ4v) is 2.45. The molecule has 4 heteroatoms. The second-order valence-corrected chi connectivity index (χ2v) is 6.54. The Balaban J connectivity index is 2.09. The van der Waals surface area contributed by atoms with Gasteiger partial charge < -0.3 is 15.3 Å². The van der Waals surface area contributed by atoms with Crippen molar-refractivity contribution >= 4 is 11.6 Å². The van der Waals surface area contributed by atoms with Crippen molar-refractivity contribution < 1.29 is 9.90 Å². The number of likely N-dealkylation sites (N-methyl/N-ethyl adjacent to an activating group) is 1. The van der Waals surface area contributed by atoms with Crippen LogP contribution in [-0.2, 0) is 10.2 Å². The average molecular weight is 276 g/mol. The predicted molar refractivity (Wildman–Crippen MR) is 81.0 cm³/mol. The van der Waals surface area contributed by atoms with E-state index < -0.39 is 6.10 Å². The molecular weight excluding hydrogens is 252 g/mol. The van der Waals surface area contributed by atoms with Crippen molar-refractivity contribution in [2.45, 2.75) is 44.8 Å². The summed E-state index contributed by atoms with van der Waals surface area (Å²) in [5.41, 5.74) is 2.24. The zero-order valence-electron chi connectivity index (χ0n) is 12.7. The van der Waals surface area contributed by atoms with Gasteiger partial charge in [0.1, 0.15) is 0 Å². The van der Waals surface area contributed by atoms with Crippen molar-refractivity contribution in [1.82, 2.24) is 5.32 Å². The Morgan fingerprint density at radius 3 is 2.35 bits per heavy atom. The molecule has 0 aromatic heterocycles. The molecule has 1 fully saturated rings. The van der Waals surface area contributed by atoms with Crippen LogP contribution < -0.4 is 10.2 Å². The lowest BCUT2D eigenvalue weighted by molar-refractivity contribution is -0.120. The van der Waals surface area contributed by atoms with Crippen LogP contribution >= 0.6 is 0 Å². The van der Waals surface area contributed by atoms with Gasteiger partial charge in [-0.05, 0) is 29.5 Å². The van der Waals surface area contributed by atoms with Crippen molar-refractivity contribution in [3.63, 3.8) is 0 Å². The first-order chi connectivity index (χ1) is 9.29. The SMILES string of the molecule is CN(C(=O)C1CC(O)CN1)c1ccc(C(C)(C)C)cc1. The number of nitrogens with one attached hydrogen (secondary N) is 1. The molecule has 2 atom stereocenters. The van der Waals surface area contributed by atoms with E-state index in [1.54, 1.807) is 11.9 Å². The molecule has 0 saturated carbocycles. The number of rotatable bonds is 2. The smallest absolute Gasteiger partial charge is 0.243 e. The van der Waals surface area contributed by atoms with Crippen LogP contribution in [0.2, 0.25) is 0 Å². The number of hydrogen-bond donors (Lipinski definition) is 2. The van der Waals surface area contributed by atoms with Crippen molar-refractivity contribution in [1.29, 1.82) is 0 Å². The lowest BCUT2D eigenvalue weighted by atomic mass is 9.87. The second-order valence-electron chi connectivity index (χ2n) is 6.54. The monoisotopic (exact) mass is 276 g/mol. The number of nitrogens with zero attached hydrogens (tertiary/aromatic N) is 1. The maximum absolute atomic E-state index is 12.3. The third kappa shape index (κ3) is 3.19. The van der Waals surface area contributed by atoms with E-state index in [0.29, 0.717) is 13.0 Å². The fraction of sp³-hybridized carbons (Fsp3) is 0.562. The Morgan fingerprint density at radius 2 is 1.90 bits per heavy atom. The van der Waals surface area contributed by atoms with Crippen LogP contribution in [0.5, 0.6) is 0 Å². The van der Waals surface area contributed by atoms with E-state index in [1.807, 2.05) is 12.1 Å². The van der Waals surface area contributed by atoms with Crippen LogP contribution in [0.25, 0.3) is 0 Å². The summed E-state index contributed by atoms with van der Waals surface area (Å²) in [6.07, 6.45) is 0.0732. The Hall–Kier alpha value is -1.39. The van der Waals surface area contributed by atoms with E-state index in [2.05, 4.69) is 38.2 Å². The molecule has 4 nitrogen and oxygen atoms in total. The summed E-state index contributed by atoms with van der Waals surface area (Å²) in [6.45, 7) is 7.00. The number of benzene rings is 1. The van der Waals surface area contributed by atoms with E-state index >= 15 is 0 Å². The van der Waals surface area contributed by atoms with Gasteiger partial charge in [0, 0.05) is 19.3 Å². The molecule has 1 aromatic carbocycles. The number of anilines is 1. The van der Waals surface area contributed by atoms with Gasteiger partial charge in [0.2, 0.25) is 5.91 Å². The van der Waals surface area contributed by atoms with Crippen molar-refractivity contribution in [2.75, 3.05) is 18.5 Å². The lowest BCUT2D eigenvalue weighted by Gasteiger charge is -2.23. The number of hydrogen-bond acceptors (Lipinski definition) is 3. The molecule has 0 radical (unpaired) electrons. The number of β-amino-alcohol motifs (C(OH)–C–C–N with tert-alkyl or cyclic N) is 1. The maximum Gasteiger partial charge on any atom is 0.243 e. The van der Waals surface area contributed by atoms with Crippen LogP contribution in [0.4, 0.5) is 5.69 Å². The maximum atomic E-state index is 12.3. The summed E-state index contributed by atoms with van der Waals surface area (Å²) in [4.78, 5) is 14.0. The molecule has 1 amide bonds. The van der Waals surface area contributed by atoms with Gasteiger partial charge in [0.05, 0.1) is 12.1 Å². The summed E-state index contributed by atoms with van der Waals surface area (Å²) >= 11 is 0. The topological polar surface area (TPSA) is 52.6 Å². The van der Waals surface area contributed by atoms with E-state index in [4.69, 9.17) is 0 Å². The third-order valence-electron chi connectivity index (χ3n) is 3.86. The van der Waals surface area contributed by atoms with Gasteiger partial charge in [-0.3, -0.25) is 4.79 Å². The summed E-state index contributed by atoms with van der Waals surface area (Å²) in [6, 6.07) is 7.80. The van der Waals surface area contributed by atoms with Gasteiger partial charge >= 0.3 is 0 Å². The first-order valence-electron chi connectivity index (χ1n) is 7.08. The fourth-order valence-electron chi connectivity index (χ4n) is 2.45. The van der Waals surface area contributed by atoms with Crippen LogP contribution in [-0.4, -0.2) is 36.8 Å². The van der Waals surface area contributed by atoms with Crippen LogP contribution in [0.3, 0.4) is 0 Å². The first-order valence-corrected chi connectivity index (χ1v) is 7.08. The van der Waals surface area contributed by atoms with Crippen LogP contribution in [0, 0.1) is 0 Å². The number of carbonyl (C=O) groups is 1. The predicted octanol–water partition coefficient (Wildman–Crippen LogP) is 1.67. The number of aliphatic hydroxyl groups is 1. The van der Waals surface area contributed by atoms with Crippen molar-refractivity contribution in [2.24, 2.45) is 0 Å². The molecule has 110 valence electrons. The Labute approximate surface area is 120 Å². The van der Waals surface area contributed by atoms with E-state index in [0.717, 1.165) is 5.69 Å². The number of aliphatic hydroxyl groups excluding tert-OH is 1. The highest BCUT2D eigenvalue weighted by molar-refractivity contribution is 5.96. The number of amides is 1. The van der Waals surface area contributed by atoms with E-state index in [-0.39, 0.29) is 17.4 Å². The third-order valence-corrected chi connectivity index (χ3v) is 3.86. The highest BCUT2D eigenvalue weighted by Gasteiger charge is 2.30. The Bertz CT molecular complexity index is 476. The average Bonchev–Trinajstić information content (AvgIpc) is 2.83. The van der Waals surface area contributed by atoms with Gasteiger partial charge in [-0.25, -0.2) is 0 Å². The minimum Gasteiger partial charge on any atom is -0.392 e. The molecule has 1 aliphatic rings. The standard InChI is InChI=1S/C16H24N2O2/c1-16(2,3)11-5-7-12(8-6-11)18(4)15(20)14-9-13(19)10-17-14/h5-8,13-14,17,19H,9-10H2,1-4H3. The molecule has 2 N–H and O–H groups in total. The minimum absolute atomic E-state index is 0.00468. The van der Waals surface area contributed by atoms with Gasteiger partial charge in [-0.1, -0.05) is 32.9 Å². The molecular formula is C16H24N2O2. The molecule has 1 aromatic rings. The minimum atomic E-state index is -0.416.